The molecule has 1 amide bonds. The van der Waals surface area contributed by atoms with Gasteiger partial charge in [-0.1, -0.05) is 40.9 Å². The molecule has 0 unspecified atom stereocenters. The molecule has 2 aromatic rings. The van der Waals surface area contributed by atoms with Crippen molar-refractivity contribution in [1.29, 1.82) is 0 Å². The molecule has 21 heavy (non-hydrogen) atoms. The Morgan fingerprint density at radius 3 is 2.29 bits per heavy atom. The molecule has 0 spiro atoms. The van der Waals surface area contributed by atoms with Crippen LogP contribution in [0.3, 0.4) is 0 Å². The van der Waals surface area contributed by atoms with E-state index in [0.29, 0.717) is 0 Å². The van der Waals surface area contributed by atoms with Gasteiger partial charge in [0.15, 0.2) is 0 Å². The van der Waals surface area contributed by atoms with E-state index < -0.39 is 11.9 Å². The molecule has 0 saturated heterocycles. The normalized spacial score (nSPS) is 10.2. The van der Waals surface area contributed by atoms with Crippen molar-refractivity contribution >= 4 is 52.4 Å². The molecule has 0 aliphatic rings. The standard InChI is InChI=1S/C13H7Cl3N2O3/c14-6-4-8(16)11(5-7(6)15)18-12(19)9-2-1-3-10(17-9)13(20)21/h1-5H,(H,18,19)(H,20,21). The lowest BCUT2D eigenvalue weighted by molar-refractivity contribution is 0.0690. The fourth-order valence-corrected chi connectivity index (χ4v) is 2.08. The van der Waals surface area contributed by atoms with Crippen LogP contribution in [0.2, 0.25) is 15.1 Å². The second-order valence-corrected chi connectivity index (χ2v) is 5.14. The summed E-state index contributed by atoms with van der Waals surface area (Å²) in [5, 5.41) is 12.0. The number of carbonyl (C=O) groups excluding carboxylic acids is 1. The molecule has 8 heteroatoms. The van der Waals surface area contributed by atoms with Gasteiger partial charge >= 0.3 is 5.97 Å². The van der Waals surface area contributed by atoms with Crippen molar-refractivity contribution in [2.24, 2.45) is 0 Å². The summed E-state index contributed by atoms with van der Waals surface area (Å²) < 4.78 is 0. The van der Waals surface area contributed by atoms with Gasteiger partial charge in [-0.05, 0) is 24.3 Å². The largest absolute Gasteiger partial charge is 0.477 e. The summed E-state index contributed by atoms with van der Waals surface area (Å²) in [6, 6.07) is 6.87. The average Bonchev–Trinajstić information content (AvgIpc) is 2.44. The zero-order chi connectivity index (χ0) is 15.6. The number of carboxylic acids is 1. The molecule has 2 rings (SSSR count). The maximum atomic E-state index is 12.0. The Labute approximate surface area is 134 Å². The fraction of sp³-hybridized carbons (Fsp3) is 0. The molecule has 1 heterocycles. The van der Waals surface area contributed by atoms with Gasteiger partial charge in [0.2, 0.25) is 0 Å². The van der Waals surface area contributed by atoms with Crippen molar-refractivity contribution in [3.63, 3.8) is 0 Å². The average molecular weight is 346 g/mol. The number of amides is 1. The van der Waals surface area contributed by atoms with E-state index in [9.17, 15) is 9.59 Å². The first-order valence-electron chi connectivity index (χ1n) is 5.54. The van der Waals surface area contributed by atoms with Crippen molar-refractivity contribution in [3.05, 3.63) is 56.8 Å². The molecular weight excluding hydrogens is 339 g/mol. The van der Waals surface area contributed by atoms with E-state index in [0.717, 1.165) is 0 Å². The van der Waals surface area contributed by atoms with E-state index in [2.05, 4.69) is 10.3 Å². The van der Waals surface area contributed by atoms with Crippen LogP contribution in [0.1, 0.15) is 21.0 Å². The number of pyridine rings is 1. The van der Waals surface area contributed by atoms with E-state index in [-0.39, 0.29) is 32.1 Å². The lowest BCUT2D eigenvalue weighted by atomic mass is 10.2. The molecule has 0 saturated carbocycles. The highest BCUT2D eigenvalue weighted by Gasteiger charge is 2.14. The first-order chi connectivity index (χ1) is 9.88. The quantitative estimate of drug-likeness (QED) is 0.824. The van der Waals surface area contributed by atoms with Gasteiger partial charge in [-0.15, -0.1) is 0 Å². The van der Waals surface area contributed by atoms with Crippen LogP contribution in [-0.4, -0.2) is 22.0 Å². The van der Waals surface area contributed by atoms with E-state index in [1.165, 1.54) is 30.3 Å². The molecule has 0 bridgehead atoms. The Bertz CT molecular complexity index is 735. The Hall–Kier alpha value is -1.82. The number of nitrogens with one attached hydrogen (secondary N) is 1. The van der Waals surface area contributed by atoms with Gasteiger partial charge in [0.25, 0.3) is 5.91 Å². The van der Waals surface area contributed by atoms with Crippen molar-refractivity contribution in [2.45, 2.75) is 0 Å². The monoisotopic (exact) mass is 344 g/mol. The summed E-state index contributed by atoms with van der Waals surface area (Å²) >= 11 is 17.6. The number of aromatic carboxylic acids is 1. The number of aromatic nitrogens is 1. The van der Waals surface area contributed by atoms with Crippen LogP contribution in [0.25, 0.3) is 0 Å². The topological polar surface area (TPSA) is 79.3 Å². The van der Waals surface area contributed by atoms with Gasteiger partial charge in [-0.25, -0.2) is 9.78 Å². The molecule has 2 N–H and O–H groups in total. The third kappa shape index (κ3) is 3.64. The second-order valence-electron chi connectivity index (χ2n) is 3.91. The fourth-order valence-electron chi connectivity index (χ4n) is 1.48. The lowest BCUT2D eigenvalue weighted by Gasteiger charge is -2.08. The Morgan fingerprint density at radius 2 is 1.62 bits per heavy atom. The predicted molar refractivity (Wildman–Crippen MR) is 80.6 cm³/mol. The number of halogens is 3. The molecule has 0 atom stereocenters. The molecule has 5 nitrogen and oxygen atoms in total. The molecule has 0 aliphatic heterocycles. The van der Waals surface area contributed by atoms with Gasteiger partial charge in [-0.3, -0.25) is 4.79 Å². The molecule has 108 valence electrons. The van der Waals surface area contributed by atoms with Gasteiger partial charge in [0.1, 0.15) is 11.4 Å². The lowest BCUT2D eigenvalue weighted by Crippen LogP contribution is -2.15. The summed E-state index contributed by atoms with van der Waals surface area (Å²) in [7, 11) is 0. The highest BCUT2D eigenvalue weighted by atomic mass is 35.5. The van der Waals surface area contributed by atoms with Gasteiger partial charge in [0.05, 0.1) is 20.8 Å². The molecular formula is C13H7Cl3N2O3. The van der Waals surface area contributed by atoms with E-state index >= 15 is 0 Å². The number of carboxylic acid groups (broad SMARTS) is 1. The van der Waals surface area contributed by atoms with E-state index in [1.807, 2.05) is 0 Å². The zero-order valence-electron chi connectivity index (χ0n) is 10.2. The van der Waals surface area contributed by atoms with Crippen LogP contribution < -0.4 is 5.32 Å². The van der Waals surface area contributed by atoms with Gasteiger partial charge < -0.3 is 10.4 Å². The Balaban J connectivity index is 2.28. The van der Waals surface area contributed by atoms with Crippen LogP contribution >= 0.6 is 34.8 Å². The molecule has 0 fully saturated rings. The van der Waals surface area contributed by atoms with Crippen molar-refractivity contribution in [2.75, 3.05) is 5.32 Å². The zero-order valence-corrected chi connectivity index (χ0v) is 12.5. The predicted octanol–water partition coefficient (Wildman–Crippen LogP) is 3.99. The summed E-state index contributed by atoms with van der Waals surface area (Å²) in [5.41, 5.74) is -0.0430. The van der Waals surface area contributed by atoms with Crippen LogP contribution in [0, 0.1) is 0 Å². The summed E-state index contributed by atoms with van der Waals surface area (Å²) in [5.74, 6) is -1.84. The minimum atomic E-state index is -1.22. The van der Waals surface area contributed by atoms with E-state index in [4.69, 9.17) is 39.9 Å². The Morgan fingerprint density at radius 1 is 1.00 bits per heavy atom. The molecule has 1 aromatic carbocycles. The maximum absolute atomic E-state index is 12.0. The summed E-state index contributed by atoms with van der Waals surface area (Å²) in [6.45, 7) is 0. The van der Waals surface area contributed by atoms with Crippen molar-refractivity contribution < 1.29 is 14.7 Å². The summed E-state index contributed by atoms with van der Waals surface area (Å²) in [6.07, 6.45) is 0. The van der Waals surface area contributed by atoms with Crippen LogP contribution in [0.4, 0.5) is 5.69 Å². The number of hydrogen-bond acceptors (Lipinski definition) is 3. The highest BCUT2D eigenvalue weighted by molar-refractivity contribution is 6.44. The number of rotatable bonds is 3. The number of anilines is 1. The third-order valence-electron chi connectivity index (χ3n) is 2.46. The molecule has 1 aromatic heterocycles. The number of carbonyl (C=O) groups is 2. The minimum absolute atomic E-state index is 0.0583. The first-order valence-corrected chi connectivity index (χ1v) is 6.68. The van der Waals surface area contributed by atoms with Crippen LogP contribution in [0.5, 0.6) is 0 Å². The number of nitrogens with zero attached hydrogens (tertiary/aromatic N) is 1. The van der Waals surface area contributed by atoms with Crippen LogP contribution in [-0.2, 0) is 0 Å². The van der Waals surface area contributed by atoms with Gasteiger partial charge in [0, 0.05) is 0 Å². The van der Waals surface area contributed by atoms with Crippen molar-refractivity contribution in [3.8, 4) is 0 Å². The minimum Gasteiger partial charge on any atom is -0.477 e. The SMILES string of the molecule is O=C(O)c1cccc(C(=O)Nc2cc(Cl)c(Cl)cc2Cl)n1. The second kappa shape index (κ2) is 6.30. The third-order valence-corrected chi connectivity index (χ3v) is 3.49. The molecule has 0 aliphatic carbocycles. The smallest absolute Gasteiger partial charge is 0.354 e. The van der Waals surface area contributed by atoms with Gasteiger partial charge in [-0.2, -0.15) is 0 Å². The summed E-state index contributed by atoms with van der Waals surface area (Å²) in [4.78, 5) is 26.6. The first kappa shape index (κ1) is 15.6. The Kier molecular flexibility index (Phi) is 4.67. The number of benzene rings is 1. The van der Waals surface area contributed by atoms with Crippen molar-refractivity contribution in [1.82, 2.24) is 4.98 Å². The maximum Gasteiger partial charge on any atom is 0.354 e. The molecule has 0 radical (unpaired) electrons. The van der Waals surface area contributed by atoms with E-state index in [1.54, 1.807) is 0 Å². The van der Waals surface area contributed by atoms with Crippen LogP contribution in [0.15, 0.2) is 30.3 Å². The highest BCUT2D eigenvalue weighted by Crippen LogP contribution is 2.32. The number of hydrogen-bond donors (Lipinski definition) is 2.